The third-order valence-electron chi connectivity index (χ3n) is 3.12. The molecule has 1 atom stereocenters. The van der Waals surface area contributed by atoms with Crippen molar-refractivity contribution >= 4 is 27.7 Å². The number of halogens is 1. The molecule has 0 fully saturated rings. The maximum atomic E-state index is 12.3. The molecule has 0 saturated heterocycles. The highest BCUT2D eigenvalue weighted by Gasteiger charge is 2.23. The largest absolute Gasteiger partial charge is 0.347 e. The fourth-order valence-corrected chi connectivity index (χ4v) is 2.37. The third kappa shape index (κ3) is 5.50. The molecule has 0 bridgehead atoms. The summed E-state index contributed by atoms with van der Waals surface area (Å²) in [5.74, 6) is 0.0427. The van der Waals surface area contributed by atoms with Crippen LogP contribution in [0.15, 0.2) is 24.3 Å². The summed E-state index contributed by atoms with van der Waals surface area (Å²) in [4.78, 5) is 25.9. The predicted octanol–water partition coefficient (Wildman–Crippen LogP) is 2.81. The SMILES string of the molecule is CC(C)CC(NC(=O)c1ccc(CBr)cc1)C(=O)N(C)C. The van der Waals surface area contributed by atoms with E-state index in [4.69, 9.17) is 0 Å². The topological polar surface area (TPSA) is 49.4 Å². The molecule has 116 valence electrons. The molecule has 0 aromatic heterocycles. The summed E-state index contributed by atoms with van der Waals surface area (Å²) in [6.07, 6.45) is 0.627. The molecule has 0 aliphatic rings. The zero-order valence-corrected chi connectivity index (χ0v) is 14.6. The number of likely N-dealkylation sites (N-methyl/N-ethyl adjacent to an activating group) is 1. The first-order chi connectivity index (χ1) is 9.85. The summed E-state index contributed by atoms with van der Waals surface area (Å²) in [5.41, 5.74) is 1.68. The summed E-state index contributed by atoms with van der Waals surface area (Å²) < 4.78 is 0. The van der Waals surface area contributed by atoms with Crippen LogP contribution in [0.4, 0.5) is 0 Å². The minimum atomic E-state index is -0.483. The Bertz CT molecular complexity index is 484. The van der Waals surface area contributed by atoms with Crippen LogP contribution in [0.25, 0.3) is 0 Å². The van der Waals surface area contributed by atoms with Gasteiger partial charge < -0.3 is 10.2 Å². The standard InChI is InChI=1S/C16H23BrN2O2/c1-11(2)9-14(16(21)19(3)4)18-15(20)13-7-5-12(10-17)6-8-13/h5-8,11,14H,9-10H2,1-4H3,(H,18,20). The molecule has 1 rings (SSSR count). The molecular formula is C16H23BrN2O2. The summed E-state index contributed by atoms with van der Waals surface area (Å²) >= 11 is 3.37. The van der Waals surface area contributed by atoms with E-state index in [1.807, 2.05) is 26.0 Å². The molecule has 0 aliphatic carbocycles. The highest BCUT2D eigenvalue weighted by atomic mass is 79.9. The van der Waals surface area contributed by atoms with Crippen molar-refractivity contribution in [1.82, 2.24) is 10.2 Å². The number of hydrogen-bond acceptors (Lipinski definition) is 2. The van der Waals surface area contributed by atoms with Gasteiger partial charge in [0, 0.05) is 25.0 Å². The second-order valence-electron chi connectivity index (χ2n) is 5.72. The van der Waals surface area contributed by atoms with E-state index in [0.29, 0.717) is 17.9 Å². The van der Waals surface area contributed by atoms with E-state index in [1.165, 1.54) is 4.90 Å². The lowest BCUT2D eigenvalue weighted by Gasteiger charge is -2.23. The highest BCUT2D eigenvalue weighted by molar-refractivity contribution is 9.08. The van der Waals surface area contributed by atoms with Gasteiger partial charge in [0.25, 0.3) is 5.91 Å². The maximum Gasteiger partial charge on any atom is 0.251 e. The van der Waals surface area contributed by atoms with Gasteiger partial charge in [0.2, 0.25) is 5.91 Å². The summed E-state index contributed by atoms with van der Waals surface area (Å²) in [6, 6.07) is 6.86. The highest BCUT2D eigenvalue weighted by Crippen LogP contribution is 2.11. The Morgan fingerprint density at radius 2 is 1.76 bits per heavy atom. The first kappa shape index (κ1) is 17.7. The second-order valence-corrected chi connectivity index (χ2v) is 6.28. The zero-order valence-electron chi connectivity index (χ0n) is 13.0. The van der Waals surface area contributed by atoms with Crippen LogP contribution in [0.2, 0.25) is 0 Å². The van der Waals surface area contributed by atoms with Gasteiger partial charge in [0.05, 0.1) is 0 Å². The summed E-state index contributed by atoms with van der Waals surface area (Å²) in [7, 11) is 3.40. The van der Waals surface area contributed by atoms with Crippen LogP contribution >= 0.6 is 15.9 Å². The monoisotopic (exact) mass is 354 g/mol. The van der Waals surface area contributed by atoms with Crippen LogP contribution in [0.1, 0.15) is 36.2 Å². The van der Waals surface area contributed by atoms with Crippen LogP contribution in [-0.2, 0) is 10.1 Å². The molecule has 0 aliphatic heterocycles. The van der Waals surface area contributed by atoms with Crippen LogP contribution in [-0.4, -0.2) is 36.9 Å². The van der Waals surface area contributed by atoms with Crippen molar-refractivity contribution in [3.8, 4) is 0 Å². The van der Waals surface area contributed by atoms with Crippen molar-refractivity contribution in [2.75, 3.05) is 14.1 Å². The Morgan fingerprint density at radius 1 is 1.19 bits per heavy atom. The van der Waals surface area contributed by atoms with E-state index in [2.05, 4.69) is 21.2 Å². The normalized spacial score (nSPS) is 12.1. The Morgan fingerprint density at radius 3 is 2.19 bits per heavy atom. The molecule has 1 aromatic carbocycles. The number of benzene rings is 1. The van der Waals surface area contributed by atoms with Gasteiger partial charge in [-0.2, -0.15) is 0 Å². The molecule has 5 heteroatoms. The third-order valence-corrected chi connectivity index (χ3v) is 3.77. The minimum Gasteiger partial charge on any atom is -0.347 e. The van der Waals surface area contributed by atoms with Crippen molar-refractivity contribution in [2.45, 2.75) is 31.6 Å². The average Bonchev–Trinajstić information content (AvgIpc) is 2.45. The Labute approximate surface area is 135 Å². The smallest absolute Gasteiger partial charge is 0.251 e. The zero-order chi connectivity index (χ0) is 16.0. The number of amides is 2. The molecular weight excluding hydrogens is 332 g/mol. The van der Waals surface area contributed by atoms with Crippen molar-refractivity contribution in [1.29, 1.82) is 0 Å². The fraction of sp³-hybridized carbons (Fsp3) is 0.500. The van der Waals surface area contributed by atoms with Gasteiger partial charge in [-0.05, 0) is 30.0 Å². The lowest BCUT2D eigenvalue weighted by molar-refractivity contribution is -0.131. The Hall–Kier alpha value is -1.36. The second kappa shape index (κ2) is 8.17. The molecule has 1 N–H and O–H groups in total. The number of nitrogens with zero attached hydrogens (tertiary/aromatic N) is 1. The molecule has 4 nitrogen and oxygen atoms in total. The van der Waals surface area contributed by atoms with Gasteiger partial charge in [-0.15, -0.1) is 0 Å². The summed E-state index contributed by atoms with van der Waals surface area (Å²) in [5, 5.41) is 3.60. The maximum absolute atomic E-state index is 12.3. The van der Waals surface area contributed by atoms with Crippen molar-refractivity contribution < 1.29 is 9.59 Å². The lowest BCUT2D eigenvalue weighted by Crippen LogP contribution is -2.46. The molecule has 1 unspecified atom stereocenters. The van der Waals surface area contributed by atoms with Crippen LogP contribution in [0, 0.1) is 5.92 Å². The Balaban J connectivity index is 2.81. The number of carbonyl (C=O) groups excluding carboxylic acids is 2. The number of hydrogen-bond donors (Lipinski definition) is 1. The van der Waals surface area contributed by atoms with E-state index >= 15 is 0 Å². The lowest BCUT2D eigenvalue weighted by atomic mass is 10.0. The van der Waals surface area contributed by atoms with E-state index in [-0.39, 0.29) is 11.8 Å². The number of alkyl halides is 1. The molecule has 21 heavy (non-hydrogen) atoms. The number of carbonyl (C=O) groups is 2. The fourth-order valence-electron chi connectivity index (χ4n) is 1.99. The first-order valence-corrected chi connectivity index (χ1v) is 8.14. The minimum absolute atomic E-state index is 0.0749. The van der Waals surface area contributed by atoms with Crippen LogP contribution in [0.5, 0.6) is 0 Å². The predicted molar refractivity (Wildman–Crippen MR) is 88.5 cm³/mol. The molecule has 0 saturated carbocycles. The average molecular weight is 355 g/mol. The molecule has 2 amide bonds. The van der Waals surface area contributed by atoms with Gasteiger partial charge >= 0.3 is 0 Å². The van der Waals surface area contributed by atoms with E-state index < -0.39 is 6.04 Å². The quantitative estimate of drug-likeness (QED) is 0.798. The van der Waals surface area contributed by atoms with E-state index in [0.717, 1.165) is 10.9 Å². The van der Waals surface area contributed by atoms with Gasteiger partial charge in [0.15, 0.2) is 0 Å². The molecule has 0 heterocycles. The Kier molecular flexibility index (Phi) is 6.89. The van der Waals surface area contributed by atoms with Crippen LogP contribution in [0.3, 0.4) is 0 Å². The van der Waals surface area contributed by atoms with Gasteiger partial charge in [-0.3, -0.25) is 9.59 Å². The summed E-state index contributed by atoms with van der Waals surface area (Å²) in [6.45, 7) is 4.07. The molecule has 0 spiro atoms. The first-order valence-electron chi connectivity index (χ1n) is 7.02. The van der Waals surface area contributed by atoms with Gasteiger partial charge in [-0.1, -0.05) is 41.9 Å². The van der Waals surface area contributed by atoms with Crippen molar-refractivity contribution in [3.05, 3.63) is 35.4 Å². The number of nitrogens with one attached hydrogen (secondary N) is 1. The van der Waals surface area contributed by atoms with Gasteiger partial charge in [-0.25, -0.2) is 0 Å². The molecule has 0 radical (unpaired) electrons. The molecule has 1 aromatic rings. The van der Waals surface area contributed by atoms with E-state index in [9.17, 15) is 9.59 Å². The number of rotatable bonds is 6. The van der Waals surface area contributed by atoms with Crippen molar-refractivity contribution in [3.63, 3.8) is 0 Å². The van der Waals surface area contributed by atoms with Crippen LogP contribution < -0.4 is 5.32 Å². The van der Waals surface area contributed by atoms with Crippen molar-refractivity contribution in [2.24, 2.45) is 5.92 Å². The van der Waals surface area contributed by atoms with Gasteiger partial charge in [0.1, 0.15) is 6.04 Å². The van der Waals surface area contributed by atoms with E-state index in [1.54, 1.807) is 26.2 Å².